The van der Waals surface area contributed by atoms with Gasteiger partial charge in [0, 0.05) is 12.0 Å². The van der Waals surface area contributed by atoms with Gasteiger partial charge in [-0.3, -0.25) is 4.79 Å². The zero-order chi connectivity index (χ0) is 9.30. The van der Waals surface area contributed by atoms with Gasteiger partial charge in [-0.2, -0.15) is 0 Å². The Balaban J connectivity index is 2.23. The molecule has 0 radical (unpaired) electrons. The molecular weight excluding hydrogens is 150 g/mol. The Labute approximate surface area is 74.7 Å². The van der Waals surface area contributed by atoms with Crippen molar-refractivity contribution < 1.29 is 4.79 Å². The van der Waals surface area contributed by atoms with Gasteiger partial charge >= 0.3 is 0 Å². The van der Waals surface area contributed by atoms with Gasteiger partial charge in [0.1, 0.15) is 0 Å². The molecule has 0 spiro atoms. The zero-order valence-electron chi connectivity index (χ0n) is 8.42. The van der Waals surface area contributed by atoms with Gasteiger partial charge in [0.25, 0.3) is 0 Å². The van der Waals surface area contributed by atoms with Crippen LogP contribution in [0.4, 0.5) is 0 Å². The lowest BCUT2D eigenvalue weighted by Gasteiger charge is -2.08. The maximum absolute atomic E-state index is 11.3. The third-order valence-electron chi connectivity index (χ3n) is 2.55. The fraction of sp³-hybridized carbons (Fsp3) is 0.900. The van der Waals surface area contributed by atoms with Crippen molar-refractivity contribution in [3.8, 4) is 0 Å². The summed E-state index contributed by atoms with van der Waals surface area (Å²) in [7, 11) is 0. The molecule has 12 heavy (non-hydrogen) atoms. The molecule has 2 nitrogen and oxygen atoms in total. The monoisotopic (exact) mass is 169 g/mol. The van der Waals surface area contributed by atoms with E-state index in [4.69, 9.17) is 0 Å². The first-order valence-corrected chi connectivity index (χ1v) is 4.82. The highest BCUT2D eigenvalue weighted by Gasteiger charge is 2.40. The van der Waals surface area contributed by atoms with Crippen LogP contribution in [0.5, 0.6) is 0 Å². The second-order valence-corrected chi connectivity index (χ2v) is 4.41. The van der Waals surface area contributed by atoms with Crippen molar-refractivity contribution in [3.63, 3.8) is 0 Å². The number of amides is 1. The van der Waals surface area contributed by atoms with E-state index in [0.717, 1.165) is 5.92 Å². The van der Waals surface area contributed by atoms with Gasteiger partial charge in [-0.05, 0) is 18.3 Å². The molecule has 2 heteroatoms. The molecule has 1 fully saturated rings. The largest absolute Gasteiger partial charge is 0.353 e. The molecule has 0 aliphatic heterocycles. The zero-order valence-corrected chi connectivity index (χ0v) is 8.42. The van der Waals surface area contributed by atoms with E-state index in [1.165, 1.54) is 6.42 Å². The van der Waals surface area contributed by atoms with E-state index in [1.807, 2.05) is 13.8 Å². The van der Waals surface area contributed by atoms with Crippen LogP contribution in [-0.4, -0.2) is 11.9 Å². The lowest BCUT2D eigenvalue weighted by molar-refractivity contribution is -0.124. The average molecular weight is 169 g/mol. The van der Waals surface area contributed by atoms with Gasteiger partial charge in [0.2, 0.25) is 5.91 Å². The van der Waals surface area contributed by atoms with E-state index < -0.39 is 0 Å². The van der Waals surface area contributed by atoms with Gasteiger partial charge in [0.15, 0.2) is 0 Å². The van der Waals surface area contributed by atoms with Crippen molar-refractivity contribution in [3.05, 3.63) is 0 Å². The Bertz CT molecular complexity index is 175. The molecule has 1 amide bonds. The number of hydrogen-bond acceptors (Lipinski definition) is 1. The molecule has 1 aliphatic rings. The van der Waals surface area contributed by atoms with Gasteiger partial charge < -0.3 is 5.32 Å². The summed E-state index contributed by atoms with van der Waals surface area (Å²) in [4.78, 5) is 11.3. The second kappa shape index (κ2) is 3.46. The molecule has 1 aliphatic carbocycles. The second-order valence-electron chi connectivity index (χ2n) is 4.41. The van der Waals surface area contributed by atoms with Crippen LogP contribution in [0.3, 0.4) is 0 Å². The van der Waals surface area contributed by atoms with Crippen molar-refractivity contribution in [2.24, 2.45) is 17.8 Å². The van der Waals surface area contributed by atoms with Crippen LogP contribution in [0, 0.1) is 17.8 Å². The quantitative estimate of drug-likeness (QED) is 0.686. The Hall–Kier alpha value is -0.530. The predicted octanol–water partition coefficient (Wildman–Crippen LogP) is 1.80. The molecule has 0 aromatic rings. The first-order valence-electron chi connectivity index (χ1n) is 4.82. The summed E-state index contributed by atoms with van der Waals surface area (Å²) < 4.78 is 0. The van der Waals surface area contributed by atoms with Crippen molar-refractivity contribution in [2.75, 3.05) is 0 Å². The minimum Gasteiger partial charge on any atom is -0.353 e. The normalized spacial score (nSPS) is 27.8. The van der Waals surface area contributed by atoms with Crippen molar-refractivity contribution in [1.82, 2.24) is 5.32 Å². The highest BCUT2D eigenvalue weighted by atomic mass is 16.1. The van der Waals surface area contributed by atoms with E-state index in [1.54, 1.807) is 0 Å². The first kappa shape index (κ1) is 9.56. The van der Waals surface area contributed by atoms with Gasteiger partial charge in [-0.25, -0.2) is 0 Å². The van der Waals surface area contributed by atoms with E-state index in [-0.39, 0.29) is 11.8 Å². The summed E-state index contributed by atoms with van der Waals surface area (Å²) in [5.41, 5.74) is 0. The lowest BCUT2D eigenvalue weighted by Crippen LogP contribution is -2.31. The van der Waals surface area contributed by atoms with E-state index >= 15 is 0 Å². The van der Waals surface area contributed by atoms with E-state index in [2.05, 4.69) is 19.2 Å². The summed E-state index contributed by atoms with van der Waals surface area (Å²) in [6.45, 7) is 8.29. The summed E-state index contributed by atoms with van der Waals surface area (Å²) in [6.07, 6.45) is 1.18. The van der Waals surface area contributed by atoms with Crippen LogP contribution in [0.2, 0.25) is 0 Å². The molecular formula is C10H19NO. The minimum absolute atomic E-state index is 0.124. The maximum atomic E-state index is 11.3. The summed E-state index contributed by atoms with van der Waals surface area (Å²) in [6, 6.07) is 0.472. The van der Waals surface area contributed by atoms with Crippen molar-refractivity contribution in [2.45, 2.75) is 40.2 Å². The Morgan fingerprint density at radius 3 is 2.25 bits per heavy atom. The number of rotatable bonds is 3. The van der Waals surface area contributed by atoms with Gasteiger partial charge in [-0.15, -0.1) is 0 Å². The maximum Gasteiger partial charge on any atom is 0.222 e. The molecule has 0 unspecified atom stereocenters. The summed E-state index contributed by atoms with van der Waals surface area (Å²) in [5, 5.41) is 3.05. The predicted molar refractivity (Wildman–Crippen MR) is 49.7 cm³/mol. The molecule has 70 valence electrons. The molecule has 0 saturated heterocycles. The molecule has 0 bridgehead atoms. The van der Waals surface area contributed by atoms with Crippen LogP contribution >= 0.6 is 0 Å². The minimum atomic E-state index is 0.124. The van der Waals surface area contributed by atoms with Crippen LogP contribution in [0.1, 0.15) is 34.1 Å². The third kappa shape index (κ3) is 2.23. The van der Waals surface area contributed by atoms with E-state index in [0.29, 0.717) is 12.0 Å². The topological polar surface area (TPSA) is 29.1 Å². The van der Waals surface area contributed by atoms with Gasteiger partial charge in [-0.1, -0.05) is 27.7 Å². The molecule has 1 saturated carbocycles. The Morgan fingerprint density at radius 1 is 1.33 bits per heavy atom. The van der Waals surface area contributed by atoms with Crippen LogP contribution in [0.15, 0.2) is 0 Å². The van der Waals surface area contributed by atoms with E-state index in [9.17, 15) is 4.79 Å². The van der Waals surface area contributed by atoms with Crippen LogP contribution < -0.4 is 5.32 Å². The first-order chi connectivity index (χ1) is 5.52. The number of carbonyl (C=O) groups is 1. The Morgan fingerprint density at radius 2 is 1.92 bits per heavy atom. The lowest BCUT2D eigenvalue weighted by atomic mass is 10.1. The SMILES string of the molecule is CC(C)C(=O)N[C@H]1C[C@@H]1C(C)C. The van der Waals surface area contributed by atoms with Gasteiger partial charge in [0.05, 0.1) is 0 Å². The average Bonchev–Trinajstić information content (AvgIpc) is 2.67. The summed E-state index contributed by atoms with van der Waals surface area (Å²) >= 11 is 0. The smallest absolute Gasteiger partial charge is 0.222 e. The number of hydrogen-bond donors (Lipinski definition) is 1. The number of nitrogens with one attached hydrogen (secondary N) is 1. The van der Waals surface area contributed by atoms with Crippen LogP contribution in [0.25, 0.3) is 0 Å². The number of carbonyl (C=O) groups excluding carboxylic acids is 1. The standard InChI is InChI=1S/C10H19NO/c1-6(2)8-5-9(8)11-10(12)7(3)4/h6-9H,5H2,1-4H3,(H,11,12)/t8-,9+/m1/s1. The molecule has 2 atom stereocenters. The summed E-state index contributed by atoms with van der Waals surface area (Å²) in [5.74, 6) is 1.76. The molecule has 1 rings (SSSR count). The molecule has 1 N–H and O–H groups in total. The molecule has 0 aromatic heterocycles. The van der Waals surface area contributed by atoms with Crippen LogP contribution in [-0.2, 0) is 4.79 Å². The molecule has 0 aromatic carbocycles. The molecule has 0 heterocycles. The van der Waals surface area contributed by atoms with Crippen molar-refractivity contribution >= 4 is 5.91 Å². The Kier molecular flexibility index (Phi) is 2.76. The highest BCUT2D eigenvalue weighted by Crippen LogP contribution is 2.37. The fourth-order valence-electron chi connectivity index (χ4n) is 1.47. The third-order valence-corrected chi connectivity index (χ3v) is 2.55. The fourth-order valence-corrected chi connectivity index (χ4v) is 1.47. The van der Waals surface area contributed by atoms with Crippen molar-refractivity contribution in [1.29, 1.82) is 0 Å². The highest BCUT2D eigenvalue weighted by molar-refractivity contribution is 5.78.